The van der Waals surface area contributed by atoms with Crippen LogP contribution >= 0.6 is 0 Å². The smallest absolute Gasteiger partial charge is 0.161 e. The molecule has 0 radical (unpaired) electrons. The molecule has 1 aliphatic rings. The highest BCUT2D eigenvalue weighted by molar-refractivity contribution is 5.43. The van der Waals surface area contributed by atoms with Crippen molar-refractivity contribution in [2.24, 2.45) is 0 Å². The van der Waals surface area contributed by atoms with Gasteiger partial charge in [0.2, 0.25) is 0 Å². The first-order chi connectivity index (χ1) is 28.8. The van der Waals surface area contributed by atoms with E-state index in [0.29, 0.717) is 115 Å². The van der Waals surface area contributed by atoms with Crippen LogP contribution in [0.5, 0.6) is 23.0 Å². The summed E-state index contributed by atoms with van der Waals surface area (Å²) in [5.41, 5.74) is 2.09. The van der Waals surface area contributed by atoms with Crippen molar-refractivity contribution in [3.8, 4) is 23.0 Å². The van der Waals surface area contributed by atoms with E-state index in [1.807, 2.05) is 48.6 Å². The molecule has 0 amide bonds. The zero-order chi connectivity index (χ0) is 40.8. The molecule has 0 saturated heterocycles. The summed E-state index contributed by atoms with van der Waals surface area (Å²) in [5, 5.41) is 0. The summed E-state index contributed by atoms with van der Waals surface area (Å²) in [4.78, 5) is 0. The summed E-state index contributed by atoms with van der Waals surface area (Å²) < 4.78 is 59.5. The highest BCUT2D eigenvalue weighted by Crippen LogP contribution is 2.30. The van der Waals surface area contributed by atoms with Crippen LogP contribution in [0.25, 0.3) is 0 Å². The largest absolute Gasteiger partial charge is 0.487 e. The molecule has 2 aromatic rings. The molecular formula is C48H76O10. The summed E-state index contributed by atoms with van der Waals surface area (Å²) in [6, 6.07) is 11.9. The lowest BCUT2D eigenvalue weighted by atomic mass is 10.1. The Kier molecular flexibility index (Phi) is 30.4. The average molecular weight is 813 g/mol. The maximum atomic E-state index is 6.12. The van der Waals surface area contributed by atoms with Crippen molar-refractivity contribution in [3.63, 3.8) is 0 Å². The van der Waals surface area contributed by atoms with Gasteiger partial charge in [-0.15, -0.1) is 13.2 Å². The second-order valence-electron chi connectivity index (χ2n) is 14.6. The second-order valence-corrected chi connectivity index (χ2v) is 14.6. The van der Waals surface area contributed by atoms with Gasteiger partial charge >= 0.3 is 0 Å². The quantitative estimate of drug-likeness (QED) is 0.0753. The molecule has 1 aliphatic heterocycles. The fraction of sp³-hybridized carbons (Fsp3) is 0.667. The number of ether oxygens (including phenoxy) is 10. The second kappa shape index (κ2) is 35.8. The van der Waals surface area contributed by atoms with Crippen molar-refractivity contribution in [1.29, 1.82) is 0 Å². The predicted molar refractivity (Wildman–Crippen MR) is 232 cm³/mol. The SMILES string of the molecule is C=CCCCCCCCCCOCc1ccc2c(c1)OCCOCCOCCOc1ccc(COCCCCCCCCCC=C)cc1OCCOCCOCCO2. The van der Waals surface area contributed by atoms with Crippen molar-refractivity contribution in [3.05, 3.63) is 72.8 Å². The van der Waals surface area contributed by atoms with E-state index < -0.39 is 0 Å². The number of allylic oxidation sites excluding steroid dienone is 2. The van der Waals surface area contributed by atoms with E-state index in [-0.39, 0.29) is 0 Å². The Morgan fingerprint density at radius 1 is 0.379 bits per heavy atom. The van der Waals surface area contributed by atoms with Crippen LogP contribution in [0.3, 0.4) is 0 Å². The fourth-order valence-electron chi connectivity index (χ4n) is 6.37. The normalized spacial score (nSPS) is 15.3. The van der Waals surface area contributed by atoms with Crippen molar-refractivity contribution in [2.45, 2.75) is 116 Å². The number of fused-ring (bicyclic) bond motifs is 2. The van der Waals surface area contributed by atoms with Crippen LogP contribution in [0.15, 0.2) is 61.7 Å². The number of hydrogen-bond donors (Lipinski definition) is 0. The lowest BCUT2D eigenvalue weighted by Gasteiger charge is -2.16. The third-order valence-electron chi connectivity index (χ3n) is 9.63. The van der Waals surface area contributed by atoms with Crippen LogP contribution in [-0.2, 0) is 41.6 Å². The maximum Gasteiger partial charge on any atom is 0.161 e. The van der Waals surface area contributed by atoms with Gasteiger partial charge in [0.05, 0.1) is 66.1 Å². The van der Waals surface area contributed by atoms with E-state index in [4.69, 9.17) is 47.4 Å². The molecule has 3 rings (SSSR count). The van der Waals surface area contributed by atoms with Gasteiger partial charge in [-0.2, -0.15) is 0 Å². The van der Waals surface area contributed by atoms with Crippen LogP contribution in [-0.4, -0.2) is 92.5 Å². The van der Waals surface area contributed by atoms with Crippen LogP contribution < -0.4 is 18.9 Å². The zero-order valence-electron chi connectivity index (χ0n) is 35.7. The summed E-state index contributed by atoms with van der Waals surface area (Å²) >= 11 is 0. The maximum absolute atomic E-state index is 6.12. The van der Waals surface area contributed by atoms with E-state index in [1.54, 1.807) is 0 Å². The molecule has 0 aromatic heterocycles. The molecule has 0 N–H and O–H groups in total. The van der Waals surface area contributed by atoms with Gasteiger partial charge in [0.15, 0.2) is 23.0 Å². The molecule has 328 valence electrons. The van der Waals surface area contributed by atoms with Gasteiger partial charge in [0.25, 0.3) is 0 Å². The number of benzene rings is 2. The molecule has 0 saturated carbocycles. The molecule has 10 heteroatoms. The lowest BCUT2D eigenvalue weighted by molar-refractivity contribution is 0.0223. The first-order valence-corrected chi connectivity index (χ1v) is 22.3. The summed E-state index contributed by atoms with van der Waals surface area (Å²) in [6.07, 6.45) is 23.7. The molecule has 0 aliphatic carbocycles. The van der Waals surface area contributed by atoms with Crippen LogP contribution in [0.4, 0.5) is 0 Å². The zero-order valence-corrected chi connectivity index (χ0v) is 35.7. The third kappa shape index (κ3) is 25.4. The average Bonchev–Trinajstić information content (AvgIpc) is 3.24. The highest BCUT2D eigenvalue weighted by Gasteiger charge is 2.10. The number of hydrogen-bond acceptors (Lipinski definition) is 10. The minimum atomic E-state index is 0.381. The minimum absolute atomic E-state index is 0.381. The first-order valence-electron chi connectivity index (χ1n) is 22.3. The number of rotatable bonds is 24. The van der Waals surface area contributed by atoms with Gasteiger partial charge < -0.3 is 47.4 Å². The van der Waals surface area contributed by atoms with Gasteiger partial charge in [0.1, 0.15) is 26.4 Å². The molecule has 1 heterocycles. The van der Waals surface area contributed by atoms with E-state index in [2.05, 4.69) is 13.2 Å². The van der Waals surface area contributed by atoms with Crippen LogP contribution in [0, 0.1) is 0 Å². The van der Waals surface area contributed by atoms with Crippen molar-refractivity contribution >= 4 is 0 Å². The summed E-state index contributed by atoms with van der Waals surface area (Å²) in [5.74, 6) is 2.66. The molecule has 0 atom stereocenters. The van der Waals surface area contributed by atoms with Gasteiger partial charge in [0, 0.05) is 13.2 Å². The minimum Gasteiger partial charge on any atom is -0.487 e. The topological polar surface area (TPSA) is 92.3 Å². The van der Waals surface area contributed by atoms with Crippen molar-refractivity contribution in [1.82, 2.24) is 0 Å². The van der Waals surface area contributed by atoms with Gasteiger partial charge in [-0.25, -0.2) is 0 Å². The van der Waals surface area contributed by atoms with Gasteiger partial charge in [-0.3, -0.25) is 0 Å². The number of unbranched alkanes of at least 4 members (excludes halogenated alkanes) is 14. The Bertz CT molecular complexity index is 1190. The Balaban J connectivity index is 1.37. The lowest BCUT2D eigenvalue weighted by Crippen LogP contribution is -2.15. The van der Waals surface area contributed by atoms with Crippen LogP contribution in [0.2, 0.25) is 0 Å². The summed E-state index contributed by atoms with van der Waals surface area (Å²) in [6.45, 7) is 15.2. The first kappa shape index (κ1) is 49.2. The molecule has 0 fully saturated rings. The molecule has 0 unspecified atom stereocenters. The van der Waals surface area contributed by atoms with Gasteiger partial charge in [-0.05, 0) is 73.9 Å². The molecule has 10 nitrogen and oxygen atoms in total. The molecule has 0 spiro atoms. The van der Waals surface area contributed by atoms with Crippen molar-refractivity contribution in [2.75, 3.05) is 92.5 Å². The monoisotopic (exact) mass is 813 g/mol. The van der Waals surface area contributed by atoms with E-state index in [9.17, 15) is 0 Å². The Morgan fingerprint density at radius 3 is 1.05 bits per heavy atom. The third-order valence-corrected chi connectivity index (χ3v) is 9.63. The molecular weight excluding hydrogens is 737 g/mol. The predicted octanol–water partition coefficient (Wildman–Crippen LogP) is 10.6. The van der Waals surface area contributed by atoms with E-state index in [1.165, 1.54) is 77.0 Å². The molecule has 2 aromatic carbocycles. The van der Waals surface area contributed by atoms with E-state index in [0.717, 1.165) is 50.0 Å². The Hall–Kier alpha value is -3.12. The standard InChI is InChI=1S/C48H76O10/c1-3-5-7-9-11-13-15-17-19-25-53-41-43-21-23-45-47(39-43)57-37-33-51-29-27-50-32-36-56-46-24-22-44(42-54-26-20-18-16-14-12-10-8-6-4-2)40-48(46)58-38-34-52-30-28-49-31-35-55-45/h3-4,21-24,39-40H,1-2,5-20,25-38,41-42H2. The highest BCUT2D eigenvalue weighted by atomic mass is 16.6. The van der Waals surface area contributed by atoms with Crippen molar-refractivity contribution < 1.29 is 47.4 Å². The molecule has 58 heavy (non-hydrogen) atoms. The fourth-order valence-corrected chi connectivity index (χ4v) is 6.37. The van der Waals surface area contributed by atoms with E-state index >= 15 is 0 Å². The summed E-state index contributed by atoms with van der Waals surface area (Å²) in [7, 11) is 0. The molecule has 0 bridgehead atoms. The van der Waals surface area contributed by atoms with Crippen LogP contribution in [0.1, 0.15) is 114 Å². The van der Waals surface area contributed by atoms with Gasteiger partial charge in [-0.1, -0.05) is 88.5 Å². The Morgan fingerprint density at radius 2 is 0.690 bits per heavy atom. The Labute approximate surface area is 350 Å².